The lowest BCUT2D eigenvalue weighted by atomic mass is 9.96. The minimum atomic E-state index is 0.318. The third-order valence-electron chi connectivity index (χ3n) is 4.00. The van der Waals surface area contributed by atoms with Crippen LogP contribution in [0.25, 0.3) is 11.1 Å². The van der Waals surface area contributed by atoms with E-state index in [9.17, 15) is 0 Å². The van der Waals surface area contributed by atoms with Crippen LogP contribution in [0.5, 0.6) is 0 Å². The van der Waals surface area contributed by atoms with Gasteiger partial charge in [0.15, 0.2) is 5.58 Å². The molecule has 0 bridgehead atoms. The van der Waals surface area contributed by atoms with Crippen molar-refractivity contribution in [1.29, 1.82) is 0 Å². The molecule has 0 spiro atoms. The Labute approximate surface area is 134 Å². The van der Waals surface area contributed by atoms with Gasteiger partial charge in [0.1, 0.15) is 5.52 Å². The van der Waals surface area contributed by atoms with Gasteiger partial charge in [-0.25, -0.2) is 4.98 Å². The summed E-state index contributed by atoms with van der Waals surface area (Å²) in [7, 11) is 0. The van der Waals surface area contributed by atoms with Crippen molar-refractivity contribution < 1.29 is 4.42 Å². The summed E-state index contributed by atoms with van der Waals surface area (Å²) >= 11 is 0. The van der Waals surface area contributed by atoms with Crippen LogP contribution < -0.4 is 5.32 Å². The molecule has 4 heteroatoms. The van der Waals surface area contributed by atoms with E-state index in [-0.39, 0.29) is 0 Å². The van der Waals surface area contributed by atoms with Crippen molar-refractivity contribution in [3.63, 3.8) is 0 Å². The summed E-state index contributed by atoms with van der Waals surface area (Å²) in [6, 6.07) is 8.00. The molecule has 0 fully saturated rings. The zero-order valence-electron chi connectivity index (χ0n) is 12.6. The quantitative estimate of drug-likeness (QED) is 0.774. The highest BCUT2D eigenvalue weighted by Crippen LogP contribution is 2.30. The Morgan fingerprint density at radius 1 is 1.26 bits per heavy atom. The predicted octanol–water partition coefficient (Wildman–Crippen LogP) is 4.43. The smallest absolute Gasteiger partial charge is 0.175 e. The van der Waals surface area contributed by atoms with E-state index in [1.54, 1.807) is 12.5 Å². The average molecular weight is 303 g/mol. The Balaban J connectivity index is 1.65. The molecule has 1 atom stereocenters. The normalized spacial score (nSPS) is 16.8. The average Bonchev–Trinajstić information content (AvgIpc) is 3.10. The molecule has 1 aliphatic carbocycles. The standard InChI is InChI=1S/C19H17N3O/c1-2-6-15(7-3-1)17-11-18(19-16(22-17)8-10-23-19)21-13-14-5-4-9-20-12-14/h1-6,8-12,15H,7,13H2,(H,21,22). The van der Waals surface area contributed by atoms with Gasteiger partial charge in [0.2, 0.25) is 0 Å². The van der Waals surface area contributed by atoms with Crippen LogP contribution in [0, 0.1) is 0 Å². The van der Waals surface area contributed by atoms with Crippen molar-refractivity contribution >= 4 is 16.8 Å². The number of furan rings is 1. The van der Waals surface area contributed by atoms with Crippen molar-refractivity contribution in [3.05, 3.63) is 78.5 Å². The lowest BCUT2D eigenvalue weighted by Gasteiger charge is -2.15. The van der Waals surface area contributed by atoms with Gasteiger partial charge in [-0.3, -0.25) is 4.98 Å². The largest absolute Gasteiger partial charge is 0.460 e. The van der Waals surface area contributed by atoms with Gasteiger partial charge in [-0.2, -0.15) is 0 Å². The van der Waals surface area contributed by atoms with Gasteiger partial charge in [-0.15, -0.1) is 0 Å². The fourth-order valence-electron chi connectivity index (χ4n) is 2.80. The van der Waals surface area contributed by atoms with Crippen molar-refractivity contribution in [3.8, 4) is 0 Å². The zero-order chi connectivity index (χ0) is 15.5. The Kier molecular flexibility index (Phi) is 3.64. The van der Waals surface area contributed by atoms with Gasteiger partial charge in [0, 0.05) is 30.9 Å². The van der Waals surface area contributed by atoms with Crippen molar-refractivity contribution in [2.45, 2.75) is 18.9 Å². The van der Waals surface area contributed by atoms with Crippen LogP contribution in [0.2, 0.25) is 0 Å². The molecule has 1 aliphatic rings. The Morgan fingerprint density at radius 3 is 3.09 bits per heavy atom. The van der Waals surface area contributed by atoms with Crippen LogP contribution in [0.4, 0.5) is 5.69 Å². The first kappa shape index (κ1) is 13.8. The fraction of sp³-hybridized carbons (Fsp3) is 0.158. The molecule has 0 aromatic carbocycles. The maximum Gasteiger partial charge on any atom is 0.175 e. The third-order valence-corrected chi connectivity index (χ3v) is 4.00. The summed E-state index contributed by atoms with van der Waals surface area (Å²) in [4.78, 5) is 8.89. The van der Waals surface area contributed by atoms with Crippen LogP contribution in [0.3, 0.4) is 0 Å². The monoisotopic (exact) mass is 303 g/mol. The van der Waals surface area contributed by atoms with E-state index in [1.807, 2.05) is 18.3 Å². The molecular weight excluding hydrogens is 286 g/mol. The van der Waals surface area contributed by atoms with Crippen molar-refractivity contribution in [2.24, 2.45) is 0 Å². The summed E-state index contributed by atoms with van der Waals surface area (Å²) in [5.41, 5.74) is 4.85. The Morgan fingerprint density at radius 2 is 2.26 bits per heavy atom. The van der Waals surface area contributed by atoms with Gasteiger partial charge in [0.25, 0.3) is 0 Å². The van der Waals surface area contributed by atoms with Crippen LogP contribution in [-0.4, -0.2) is 9.97 Å². The SMILES string of the molecule is C1=CCC(c2cc(NCc3cccnc3)c3occc3n2)C=C1. The number of fused-ring (bicyclic) bond motifs is 1. The van der Waals surface area contributed by atoms with Crippen molar-refractivity contribution in [2.75, 3.05) is 5.32 Å². The number of allylic oxidation sites excluding steroid dienone is 4. The second kappa shape index (κ2) is 6.08. The lowest BCUT2D eigenvalue weighted by Crippen LogP contribution is -2.04. The van der Waals surface area contributed by atoms with Gasteiger partial charge >= 0.3 is 0 Å². The number of anilines is 1. The number of hydrogen-bond donors (Lipinski definition) is 1. The molecule has 4 rings (SSSR count). The highest BCUT2D eigenvalue weighted by atomic mass is 16.3. The van der Waals surface area contributed by atoms with E-state index < -0.39 is 0 Å². The molecule has 0 aliphatic heterocycles. The molecule has 114 valence electrons. The maximum absolute atomic E-state index is 5.61. The first-order valence-electron chi connectivity index (χ1n) is 7.74. The van der Waals surface area contributed by atoms with Gasteiger partial charge in [-0.05, 0) is 24.1 Å². The summed E-state index contributed by atoms with van der Waals surface area (Å²) in [5, 5.41) is 3.45. The topological polar surface area (TPSA) is 51.0 Å². The summed E-state index contributed by atoms with van der Waals surface area (Å²) in [6.07, 6.45) is 14.8. The lowest BCUT2D eigenvalue weighted by molar-refractivity contribution is 0.615. The van der Waals surface area contributed by atoms with E-state index >= 15 is 0 Å². The first-order valence-corrected chi connectivity index (χ1v) is 7.74. The minimum absolute atomic E-state index is 0.318. The highest BCUT2D eigenvalue weighted by Gasteiger charge is 2.15. The fourth-order valence-corrected chi connectivity index (χ4v) is 2.80. The van der Waals surface area contributed by atoms with E-state index in [4.69, 9.17) is 9.40 Å². The first-order chi connectivity index (χ1) is 11.4. The number of nitrogens with zero attached hydrogens (tertiary/aromatic N) is 2. The molecule has 3 aromatic heterocycles. The highest BCUT2D eigenvalue weighted by molar-refractivity contribution is 5.86. The maximum atomic E-state index is 5.61. The molecule has 0 radical (unpaired) electrons. The zero-order valence-corrected chi connectivity index (χ0v) is 12.6. The molecular formula is C19H17N3O. The van der Waals surface area contributed by atoms with E-state index in [2.05, 4.69) is 46.7 Å². The van der Waals surface area contributed by atoms with Gasteiger partial charge in [-0.1, -0.05) is 30.4 Å². The number of hydrogen-bond acceptors (Lipinski definition) is 4. The molecule has 0 saturated carbocycles. The molecule has 3 heterocycles. The van der Waals surface area contributed by atoms with Crippen LogP contribution in [0.1, 0.15) is 23.6 Å². The van der Waals surface area contributed by atoms with Crippen LogP contribution in [-0.2, 0) is 6.54 Å². The minimum Gasteiger partial charge on any atom is -0.460 e. The number of aromatic nitrogens is 2. The summed E-state index contributed by atoms with van der Waals surface area (Å²) in [5.74, 6) is 0.318. The molecule has 23 heavy (non-hydrogen) atoms. The summed E-state index contributed by atoms with van der Waals surface area (Å²) in [6.45, 7) is 0.702. The predicted molar refractivity (Wildman–Crippen MR) is 91.2 cm³/mol. The molecule has 1 unspecified atom stereocenters. The molecule has 0 amide bonds. The number of rotatable bonds is 4. The van der Waals surface area contributed by atoms with Gasteiger partial charge in [0.05, 0.1) is 17.6 Å². The van der Waals surface area contributed by atoms with Crippen molar-refractivity contribution in [1.82, 2.24) is 9.97 Å². The second-order valence-electron chi connectivity index (χ2n) is 5.60. The van der Waals surface area contributed by atoms with E-state index in [1.165, 1.54) is 0 Å². The second-order valence-corrected chi connectivity index (χ2v) is 5.60. The third kappa shape index (κ3) is 2.88. The Bertz CT molecular complexity index is 865. The Hall–Kier alpha value is -2.88. The molecule has 1 N–H and O–H groups in total. The van der Waals surface area contributed by atoms with Gasteiger partial charge < -0.3 is 9.73 Å². The van der Waals surface area contributed by atoms with E-state index in [0.717, 1.165) is 34.5 Å². The van der Waals surface area contributed by atoms with E-state index in [0.29, 0.717) is 12.5 Å². The number of nitrogens with one attached hydrogen (secondary N) is 1. The number of pyridine rings is 2. The van der Waals surface area contributed by atoms with Crippen LogP contribution in [0.15, 0.2) is 71.6 Å². The summed E-state index contributed by atoms with van der Waals surface area (Å²) < 4.78 is 5.61. The molecule has 3 aromatic rings. The van der Waals surface area contributed by atoms with Crippen LogP contribution >= 0.6 is 0 Å². The molecule has 4 nitrogen and oxygen atoms in total. The molecule has 0 saturated heterocycles.